The third-order valence-electron chi connectivity index (χ3n) is 5.27. The van der Waals surface area contributed by atoms with Gasteiger partial charge in [0.05, 0.1) is 0 Å². The Morgan fingerprint density at radius 3 is 2.54 bits per heavy atom. The average molecular weight is 345 g/mol. The van der Waals surface area contributed by atoms with Crippen LogP contribution in [0.15, 0.2) is 42.5 Å². The molecule has 1 aliphatic rings. The van der Waals surface area contributed by atoms with Crippen LogP contribution in [0.1, 0.15) is 31.4 Å². The van der Waals surface area contributed by atoms with Crippen LogP contribution in [0.25, 0.3) is 21.8 Å². The molecule has 1 atom stereocenters. The zero-order valence-corrected chi connectivity index (χ0v) is 14.9. The molecule has 3 aromatic rings. The van der Waals surface area contributed by atoms with E-state index >= 15 is 0 Å². The van der Waals surface area contributed by atoms with Crippen molar-refractivity contribution in [3.63, 3.8) is 0 Å². The van der Waals surface area contributed by atoms with Crippen LogP contribution in [-0.4, -0.2) is 17.8 Å². The summed E-state index contributed by atoms with van der Waals surface area (Å²) in [7, 11) is 0. The number of ether oxygens (including phenoxy) is 1. The monoisotopic (exact) mass is 344 g/mol. The Balaban J connectivity index is 0.00000169. The molecule has 0 radical (unpaired) electrons. The number of nitrogens with zero attached hydrogens (tertiary/aromatic N) is 1. The topological polar surface area (TPSA) is 40.2 Å². The summed E-state index contributed by atoms with van der Waals surface area (Å²) in [6, 6.07) is 15.5. The largest absolute Gasteiger partial charge is 0.381 e. The molecular formula is C20H25ClN2O. The number of hydrogen-bond donors (Lipinski definition) is 1. The van der Waals surface area contributed by atoms with Crippen LogP contribution in [0.3, 0.4) is 0 Å². The predicted molar refractivity (Wildman–Crippen MR) is 103 cm³/mol. The molecule has 1 saturated heterocycles. The number of fused-ring (bicyclic) bond motifs is 3. The average Bonchev–Trinajstić information content (AvgIpc) is 2.95. The van der Waals surface area contributed by atoms with Gasteiger partial charge >= 0.3 is 0 Å². The van der Waals surface area contributed by atoms with Crippen molar-refractivity contribution in [1.29, 1.82) is 0 Å². The fourth-order valence-corrected chi connectivity index (χ4v) is 3.97. The van der Waals surface area contributed by atoms with Crippen molar-refractivity contribution in [3.8, 4) is 0 Å². The molecule has 128 valence electrons. The lowest BCUT2D eigenvalue weighted by molar-refractivity contribution is 0.0584. The van der Waals surface area contributed by atoms with Crippen LogP contribution in [-0.2, 0) is 11.3 Å². The quantitative estimate of drug-likeness (QED) is 0.750. The third-order valence-corrected chi connectivity index (χ3v) is 5.27. The molecule has 0 bridgehead atoms. The van der Waals surface area contributed by atoms with E-state index in [0.29, 0.717) is 5.92 Å². The molecule has 2 N–H and O–H groups in total. The van der Waals surface area contributed by atoms with Crippen molar-refractivity contribution in [1.82, 2.24) is 4.57 Å². The number of aryl methyl sites for hydroxylation is 1. The molecule has 24 heavy (non-hydrogen) atoms. The number of rotatable bonds is 3. The van der Waals surface area contributed by atoms with Gasteiger partial charge in [0.2, 0.25) is 0 Å². The zero-order valence-electron chi connectivity index (χ0n) is 14.1. The number of para-hydroxylation sites is 1. The van der Waals surface area contributed by atoms with Gasteiger partial charge in [-0.15, -0.1) is 12.4 Å². The summed E-state index contributed by atoms with van der Waals surface area (Å²) in [4.78, 5) is 0. The van der Waals surface area contributed by atoms with E-state index in [4.69, 9.17) is 10.5 Å². The summed E-state index contributed by atoms with van der Waals surface area (Å²) in [6.07, 6.45) is 2.13. The standard InChI is InChI=1S/C20H24N2O.ClH/c1-2-22-18-6-4-3-5-16(18)17-13-15(7-8-19(17)22)20(21)14-9-11-23-12-10-14;/h3-8,13-14,20H,2,9-12,21H2,1H3;1H/t20-;/m1./s1. The molecule has 0 aliphatic carbocycles. The summed E-state index contributed by atoms with van der Waals surface area (Å²) in [5.41, 5.74) is 10.4. The van der Waals surface area contributed by atoms with Crippen molar-refractivity contribution in [2.24, 2.45) is 11.7 Å². The van der Waals surface area contributed by atoms with E-state index in [1.807, 2.05) is 0 Å². The molecule has 2 aromatic carbocycles. The van der Waals surface area contributed by atoms with Crippen LogP contribution < -0.4 is 5.73 Å². The predicted octanol–water partition coefficient (Wildman–Crippen LogP) is 4.66. The fourth-order valence-electron chi connectivity index (χ4n) is 3.97. The first kappa shape index (κ1) is 17.3. The van der Waals surface area contributed by atoms with E-state index in [1.165, 1.54) is 27.4 Å². The molecule has 0 amide bonds. The maximum absolute atomic E-state index is 6.58. The van der Waals surface area contributed by atoms with E-state index in [1.54, 1.807) is 0 Å². The van der Waals surface area contributed by atoms with Crippen molar-refractivity contribution >= 4 is 34.2 Å². The Morgan fingerprint density at radius 2 is 1.79 bits per heavy atom. The molecule has 0 saturated carbocycles. The highest BCUT2D eigenvalue weighted by molar-refractivity contribution is 6.08. The molecule has 0 spiro atoms. The highest BCUT2D eigenvalue weighted by Gasteiger charge is 2.23. The number of halogens is 1. The molecule has 1 fully saturated rings. The molecule has 2 heterocycles. The van der Waals surface area contributed by atoms with Crippen molar-refractivity contribution < 1.29 is 4.74 Å². The molecular weight excluding hydrogens is 320 g/mol. The second-order valence-corrected chi connectivity index (χ2v) is 6.51. The summed E-state index contributed by atoms with van der Waals surface area (Å²) < 4.78 is 7.86. The third kappa shape index (κ3) is 2.81. The summed E-state index contributed by atoms with van der Waals surface area (Å²) >= 11 is 0. The summed E-state index contributed by atoms with van der Waals surface area (Å²) in [6.45, 7) is 4.87. The second-order valence-electron chi connectivity index (χ2n) is 6.51. The van der Waals surface area contributed by atoms with Crippen molar-refractivity contribution in [3.05, 3.63) is 48.0 Å². The highest BCUT2D eigenvalue weighted by Crippen LogP contribution is 2.34. The fraction of sp³-hybridized carbons (Fsp3) is 0.400. The Hall–Kier alpha value is -1.55. The first-order valence-electron chi connectivity index (χ1n) is 8.64. The zero-order chi connectivity index (χ0) is 15.8. The highest BCUT2D eigenvalue weighted by atomic mass is 35.5. The second kappa shape index (κ2) is 7.14. The van der Waals surface area contributed by atoms with Gasteiger partial charge in [0, 0.05) is 47.6 Å². The lowest BCUT2D eigenvalue weighted by Gasteiger charge is -2.28. The Bertz CT molecular complexity index is 836. The maximum Gasteiger partial charge on any atom is 0.0491 e. The molecule has 1 aromatic heterocycles. The van der Waals surface area contributed by atoms with Crippen LogP contribution in [0, 0.1) is 5.92 Å². The van der Waals surface area contributed by atoms with Gasteiger partial charge in [-0.1, -0.05) is 24.3 Å². The minimum absolute atomic E-state index is 0. The molecule has 1 aliphatic heterocycles. The molecule has 3 nitrogen and oxygen atoms in total. The first-order valence-corrected chi connectivity index (χ1v) is 8.64. The van der Waals surface area contributed by atoms with Crippen LogP contribution in [0.2, 0.25) is 0 Å². The van der Waals surface area contributed by atoms with Gasteiger partial charge in [-0.05, 0) is 49.4 Å². The van der Waals surface area contributed by atoms with Gasteiger partial charge in [0.25, 0.3) is 0 Å². The van der Waals surface area contributed by atoms with Crippen LogP contribution in [0.4, 0.5) is 0 Å². The number of benzene rings is 2. The lowest BCUT2D eigenvalue weighted by atomic mass is 9.87. The Morgan fingerprint density at radius 1 is 1.08 bits per heavy atom. The summed E-state index contributed by atoms with van der Waals surface area (Å²) in [5.74, 6) is 0.528. The Kier molecular flexibility index (Phi) is 5.14. The van der Waals surface area contributed by atoms with Gasteiger partial charge in [-0.25, -0.2) is 0 Å². The van der Waals surface area contributed by atoms with Crippen LogP contribution >= 0.6 is 12.4 Å². The van der Waals surface area contributed by atoms with Gasteiger partial charge < -0.3 is 15.0 Å². The van der Waals surface area contributed by atoms with Gasteiger partial charge in [0.15, 0.2) is 0 Å². The summed E-state index contributed by atoms with van der Waals surface area (Å²) in [5, 5.41) is 2.65. The smallest absolute Gasteiger partial charge is 0.0491 e. The van der Waals surface area contributed by atoms with E-state index in [-0.39, 0.29) is 18.4 Å². The maximum atomic E-state index is 6.58. The minimum Gasteiger partial charge on any atom is -0.381 e. The van der Waals surface area contributed by atoms with Gasteiger partial charge in [0.1, 0.15) is 0 Å². The Labute approximate surface area is 149 Å². The van der Waals surface area contributed by atoms with Gasteiger partial charge in [-0.2, -0.15) is 0 Å². The van der Waals surface area contributed by atoms with Gasteiger partial charge in [-0.3, -0.25) is 0 Å². The number of aromatic nitrogens is 1. The van der Waals surface area contributed by atoms with Crippen molar-refractivity contribution in [2.75, 3.05) is 13.2 Å². The van der Waals surface area contributed by atoms with Crippen LogP contribution in [0.5, 0.6) is 0 Å². The van der Waals surface area contributed by atoms with Crippen molar-refractivity contribution in [2.45, 2.75) is 32.4 Å². The van der Waals surface area contributed by atoms with E-state index in [0.717, 1.165) is 32.6 Å². The number of nitrogens with two attached hydrogens (primary N) is 1. The van der Waals surface area contributed by atoms with E-state index in [9.17, 15) is 0 Å². The van der Waals surface area contributed by atoms with E-state index < -0.39 is 0 Å². The molecule has 0 unspecified atom stereocenters. The number of hydrogen-bond acceptors (Lipinski definition) is 2. The normalized spacial score (nSPS) is 17.1. The first-order chi connectivity index (χ1) is 11.3. The lowest BCUT2D eigenvalue weighted by Crippen LogP contribution is -2.27. The molecule has 4 heteroatoms. The molecule has 4 rings (SSSR count). The minimum atomic E-state index is 0. The SMILES string of the molecule is CCn1c2ccccc2c2cc([C@H](N)C3CCOCC3)ccc21.Cl. The van der Waals surface area contributed by atoms with E-state index in [2.05, 4.69) is 54.0 Å².